The van der Waals surface area contributed by atoms with E-state index in [-0.39, 0.29) is 18.4 Å². The summed E-state index contributed by atoms with van der Waals surface area (Å²) in [5.41, 5.74) is 12.5. The van der Waals surface area contributed by atoms with E-state index in [0.29, 0.717) is 41.3 Å². The van der Waals surface area contributed by atoms with Gasteiger partial charge in [-0.1, -0.05) is 92.2 Å². The van der Waals surface area contributed by atoms with Crippen LogP contribution in [0.3, 0.4) is 0 Å². The first kappa shape index (κ1) is 33.8. The average molecular weight is 627 g/mol. The fourth-order valence-electron chi connectivity index (χ4n) is 5.43. The lowest BCUT2D eigenvalue weighted by molar-refractivity contribution is 0.0488. The van der Waals surface area contributed by atoms with Crippen molar-refractivity contribution in [2.45, 2.75) is 53.5 Å². The molecule has 0 aliphatic rings. The minimum absolute atomic E-state index is 0.0466. The second kappa shape index (κ2) is 16.3. The number of hydrogen-bond donors (Lipinski definition) is 1. The first-order valence-corrected chi connectivity index (χ1v) is 15.6. The zero-order chi connectivity index (χ0) is 33.1. The number of amidine groups is 1. The summed E-state index contributed by atoms with van der Waals surface area (Å²) in [6.45, 7) is 9.19. The smallest absolute Gasteiger partial charge is 0.465 e. The predicted octanol–water partition coefficient (Wildman–Crippen LogP) is 7.48. The number of methoxy groups -OCH3 is 1. The fraction of sp³-hybridized carbons (Fsp3) is 0.333. The molecule has 2 N–H and O–H groups in total. The maximum atomic E-state index is 12.5. The molecule has 1 atom stereocenters. The molecule has 10 heteroatoms. The first-order valence-electron chi connectivity index (χ1n) is 15.6. The largest absolute Gasteiger partial charge is 0.535 e. The molecule has 0 fully saturated rings. The molecule has 0 bridgehead atoms. The number of imidazole rings is 1. The molecule has 0 aliphatic carbocycles. The SMILES string of the molecule is CC/C=C(/CC)C(CC)COC(=O)ON=C(N)c1ccccc1-c1ccc(Cn2c(OCC)nc3cccc(C(=O)OC)c32)cc1. The zero-order valence-corrected chi connectivity index (χ0v) is 27.1. The summed E-state index contributed by atoms with van der Waals surface area (Å²) >= 11 is 0. The van der Waals surface area contributed by atoms with Crippen molar-refractivity contribution in [3.05, 3.63) is 95.1 Å². The van der Waals surface area contributed by atoms with Gasteiger partial charge in [0.2, 0.25) is 0 Å². The van der Waals surface area contributed by atoms with Crippen molar-refractivity contribution in [2.24, 2.45) is 16.8 Å². The Morgan fingerprint density at radius 1 is 0.978 bits per heavy atom. The lowest BCUT2D eigenvalue weighted by atomic mass is 9.94. The quantitative estimate of drug-likeness (QED) is 0.0381. The van der Waals surface area contributed by atoms with Crippen molar-refractivity contribution in [1.29, 1.82) is 0 Å². The summed E-state index contributed by atoms with van der Waals surface area (Å²) in [4.78, 5) is 34.5. The van der Waals surface area contributed by atoms with E-state index in [4.69, 9.17) is 24.8 Å². The number of ether oxygens (including phenoxy) is 3. The van der Waals surface area contributed by atoms with Crippen LogP contribution in [0, 0.1) is 5.92 Å². The third-order valence-electron chi connectivity index (χ3n) is 7.73. The van der Waals surface area contributed by atoms with Crippen LogP contribution in [0.15, 0.2) is 83.5 Å². The molecule has 1 aromatic heterocycles. The molecule has 0 spiro atoms. The van der Waals surface area contributed by atoms with E-state index in [1.807, 2.05) is 66.1 Å². The summed E-state index contributed by atoms with van der Waals surface area (Å²) in [7, 11) is 1.36. The van der Waals surface area contributed by atoms with Crippen LogP contribution >= 0.6 is 0 Å². The number of rotatable bonds is 14. The highest BCUT2D eigenvalue weighted by Gasteiger charge is 2.20. The van der Waals surface area contributed by atoms with E-state index in [9.17, 15) is 9.59 Å². The molecule has 0 aliphatic heterocycles. The second-order valence-electron chi connectivity index (χ2n) is 10.6. The van der Waals surface area contributed by atoms with Gasteiger partial charge in [0, 0.05) is 11.5 Å². The summed E-state index contributed by atoms with van der Waals surface area (Å²) in [5.74, 6) is -0.265. The number of nitrogens with two attached hydrogens (primary N) is 1. The van der Waals surface area contributed by atoms with Crippen LogP contribution in [0.1, 0.15) is 68.4 Å². The summed E-state index contributed by atoms with van der Waals surface area (Å²) in [6, 6.07) is 21.1. The van der Waals surface area contributed by atoms with Crippen molar-refractivity contribution in [2.75, 3.05) is 20.3 Å². The van der Waals surface area contributed by atoms with Crippen LogP contribution in [-0.4, -0.2) is 47.8 Å². The standard InChI is InChI=1S/C36H42N4O6/c1-6-13-25(7-2)26(8-3)23-45-36(42)46-39-33(37)29-15-11-10-14-28(29)27-20-18-24(19-21-27)22-40-32-30(34(41)43-5)16-12-17-31(32)38-35(40)44-9-4/h10-21,26H,6-9,22-23H2,1-5H3,(H2,37,39)/b25-13-. The van der Waals surface area contributed by atoms with Gasteiger partial charge in [-0.05, 0) is 55.0 Å². The second-order valence-corrected chi connectivity index (χ2v) is 10.6. The Hall–Kier alpha value is -5.12. The lowest BCUT2D eigenvalue weighted by Crippen LogP contribution is -2.18. The number of nitrogens with zero attached hydrogens (tertiary/aromatic N) is 3. The van der Waals surface area contributed by atoms with Crippen LogP contribution in [-0.2, 0) is 20.9 Å². The highest BCUT2D eigenvalue weighted by atomic mass is 16.8. The molecule has 0 radical (unpaired) electrons. The molecular weight excluding hydrogens is 584 g/mol. The van der Waals surface area contributed by atoms with Crippen molar-refractivity contribution < 1.29 is 28.6 Å². The Labute approximate surface area is 269 Å². The molecule has 0 saturated carbocycles. The van der Waals surface area contributed by atoms with Gasteiger partial charge in [-0.15, -0.1) is 0 Å². The number of esters is 1. The number of aromatic nitrogens is 2. The summed E-state index contributed by atoms with van der Waals surface area (Å²) in [6.07, 6.45) is 3.97. The van der Waals surface area contributed by atoms with E-state index >= 15 is 0 Å². The van der Waals surface area contributed by atoms with Crippen molar-refractivity contribution in [3.8, 4) is 17.1 Å². The maximum Gasteiger partial charge on any atom is 0.535 e. The highest BCUT2D eigenvalue weighted by Crippen LogP contribution is 2.29. The van der Waals surface area contributed by atoms with Crippen LogP contribution in [0.2, 0.25) is 0 Å². The highest BCUT2D eigenvalue weighted by molar-refractivity contribution is 6.03. The van der Waals surface area contributed by atoms with Crippen molar-refractivity contribution in [1.82, 2.24) is 9.55 Å². The molecule has 10 nitrogen and oxygen atoms in total. The first-order chi connectivity index (χ1) is 22.3. The van der Waals surface area contributed by atoms with Crippen molar-refractivity contribution in [3.63, 3.8) is 0 Å². The molecule has 0 saturated heterocycles. The number of oxime groups is 1. The van der Waals surface area contributed by atoms with Gasteiger partial charge in [-0.25, -0.2) is 9.59 Å². The molecule has 4 rings (SSSR count). The number of hydrogen-bond acceptors (Lipinski definition) is 8. The van der Waals surface area contributed by atoms with Crippen LogP contribution in [0.5, 0.6) is 6.01 Å². The molecule has 3 aromatic carbocycles. The topological polar surface area (TPSA) is 127 Å². The number of fused-ring (bicyclic) bond motifs is 1. The third kappa shape index (κ3) is 7.93. The number of carbonyl (C=O) groups excluding carboxylic acids is 2. The van der Waals surface area contributed by atoms with Gasteiger partial charge in [0.25, 0.3) is 6.01 Å². The maximum absolute atomic E-state index is 12.5. The predicted molar refractivity (Wildman–Crippen MR) is 179 cm³/mol. The van der Waals surface area contributed by atoms with Crippen molar-refractivity contribution >= 4 is 29.0 Å². The molecule has 1 heterocycles. The molecule has 46 heavy (non-hydrogen) atoms. The molecular formula is C36H42N4O6. The monoisotopic (exact) mass is 626 g/mol. The van der Waals surface area contributed by atoms with E-state index in [1.165, 1.54) is 12.7 Å². The number of allylic oxidation sites excluding steroid dienone is 1. The van der Waals surface area contributed by atoms with Gasteiger partial charge < -0.3 is 19.9 Å². The molecule has 242 valence electrons. The van der Waals surface area contributed by atoms with Gasteiger partial charge in [0.05, 0.1) is 36.9 Å². The average Bonchev–Trinajstić information content (AvgIpc) is 3.43. The van der Waals surface area contributed by atoms with Gasteiger partial charge in [0.1, 0.15) is 6.61 Å². The van der Waals surface area contributed by atoms with E-state index < -0.39 is 12.1 Å². The van der Waals surface area contributed by atoms with E-state index in [1.54, 1.807) is 12.1 Å². The Morgan fingerprint density at radius 3 is 2.39 bits per heavy atom. The Bertz CT molecular complexity index is 1710. The van der Waals surface area contributed by atoms with Crippen LogP contribution < -0.4 is 10.5 Å². The normalized spacial score (nSPS) is 12.5. The number of carbonyl (C=O) groups is 2. The van der Waals surface area contributed by atoms with E-state index in [0.717, 1.165) is 36.0 Å². The summed E-state index contributed by atoms with van der Waals surface area (Å²) < 4.78 is 18.1. The lowest BCUT2D eigenvalue weighted by Gasteiger charge is -2.17. The fourth-order valence-corrected chi connectivity index (χ4v) is 5.43. The summed E-state index contributed by atoms with van der Waals surface area (Å²) in [5, 5.41) is 3.88. The Morgan fingerprint density at radius 2 is 1.72 bits per heavy atom. The van der Waals surface area contributed by atoms with Gasteiger partial charge in [-0.3, -0.25) is 9.40 Å². The Balaban J connectivity index is 1.52. The molecule has 4 aromatic rings. The zero-order valence-electron chi connectivity index (χ0n) is 27.1. The van der Waals surface area contributed by atoms with Gasteiger partial charge >= 0.3 is 12.1 Å². The van der Waals surface area contributed by atoms with Gasteiger partial charge in [0.15, 0.2) is 5.84 Å². The van der Waals surface area contributed by atoms with E-state index in [2.05, 4.69) is 37.0 Å². The Kier molecular flexibility index (Phi) is 11.9. The van der Waals surface area contributed by atoms with Crippen LogP contribution in [0.25, 0.3) is 22.2 Å². The number of benzene rings is 3. The minimum atomic E-state index is -0.899. The van der Waals surface area contributed by atoms with Gasteiger partial charge in [-0.2, -0.15) is 4.98 Å². The molecule has 0 amide bonds. The minimum Gasteiger partial charge on any atom is -0.465 e. The number of para-hydroxylation sites is 1. The van der Waals surface area contributed by atoms with Crippen LogP contribution in [0.4, 0.5) is 4.79 Å². The third-order valence-corrected chi connectivity index (χ3v) is 7.73. The molecule has 1 unspecified atom stereocenters.